The smallest absolute Gasteiger partial charge is 0.207 e. The molecule has 3 rings (SSSR count). The zero-order valence-electron chi connectivity index (χ0n) is 17.2. The van der Waals surface area contributed by atoms with Crippen molar-refractivity contribution in [3.8, 4) is 0 Å². The summed E-state index contributed by atoms with van der Waals surface area (Å²) < 4.78 is 45.7. The first-order valence-corrected chi connectivity index (χ1v) is 9.40. The number of halogens is 3. The monoisotopic (exact) mass is 380 g/mol. The highest BCUT2D eigenvalue weighted by Gasteiger charge is 2.32. The first-order chi connectivity index (χ1) is 13.1. The van der Waals surface area contributed by atoms with Gasteiger partial charge in [0.05, 0.1) is 0 Å². The van der Waals surface area contributed by atoms with Gasteiger partial charge < -0.3 is 0 Å². The van der Waals surface area contributed by atoms with Crippen LogP contribution in [0.15, 0.2) is 36.4 Å². The van der Waals surface area contributed by atoms with E-state index in [-0.39, 0.29) is 0 Å². The Bertz CT molecular complexity index is 933. The molecule has 0 aliphatic heterocycles. The molecule has 0 radical (unpaired) electrons. The van der Waals surface area contributed by atoms with Crippen molar-refractivity contribution in [2.45, 2.75) is 41.5 Å². The zero-order valence-corrected chi connectivity index (χ0v) is 17.2. The van der Waals surface area contributed by atoms with Gasteiger partial charge in [0.2, 0.25) is 0 Å². The molecule has 0 aromatic heterocycles. The van der Waals surface area contributed by atoms with Crippen molar-refractivity contribution in [3.63, 3.8) is 0 Å². The Hall–Kier alpha value is -2.49. The van der Waals surface area contributed by atoms with Gasteiger partial charge in [-0.2, -0.15) is 0 Å². The van der Waals surface area contributed by atoms with Crippen molar-refractivity contribution in [2.75, 3.05) is 0 Å². The molecule has 4 heteroatoms. The topological polar surface area (TPSA) is 0 Å². The highest BCUT2D eigenvalue weighted by Crippen LogP contribution is 2.15. The van der Waals surface area contributed by atoms with Gasteiger partial charge >= 0.3 is 0 Å². The van der Waals surface area contributed by atoms with E-state index >= 15 is 13.2 Å². The van der Waals surface area contributed by atoms with Gasteiger partial charge in [-0.25, -0.2) is 13.2 Å². The Kier molecular flexibility index (Phi) is 5.42. The molecular formula is C24H24BF3. The SMILES string of the molecule is Cc1cc(C)c(F)c(B(c2cc(C)cc(C)c2F)c2cc(C)cc(C)c2F)c1. The second-order valence-electron chi connectivity index (χ2n) is 7.89. The van der Waals surface area contributed by atoms with Crippen molar-refractivity contribution >= 4 is 23.1 Å². The third-order valence-corrected chi connectivity index (χ3v) is 5.21. The lowest BCUT2D eigenvalue weighted by molar-refractivity contribution is 0.620. The Labute approximate surface area is 165 Å². The first-order valence-electron chi connectivity index (χ1n) is 9.40. The maximum absolute atomic E-state index is 15.2. The number of rotatable bonds is 3. The van der Waals surface area contributed by atoms with E-state index in [4.69, 9.17) is 0 Å². The van der Waals surface area contributed by atoms with Crippen molar-refractivity contribution in [1.82, 2.24) is 0 Å². The number of hydrogen-bond donors (Lipinski definition) is 0. The third kappa shape index (κ3) is 3.60. The standard InChI is InChI=1S/C24H24BF3/c1-13-7-16(4)22(26)19(10-13)25(20-11-14(2)8-17(5)23(20)27)21-12-15(3)9-18(6)24(21)28/h7-12H,1-6H3. The molecule has 0 aliphatic rings. The lowest BCUT2D eigenvalue weighted by Gasteiger charge is -2.21. The van der Waals surface area contributed by atoms with Crippen LogP contribution in [0, 0.1) is 59.0 Å². The lowest BCUT2D eigenvalue weighted by atomic mass is 9.36. The molecule has 0 unspecified atom stereocenters. The van der Waals surface area contributed by atoms with E-state index in [0.717, 1.165) is 16.7 Å². The van der Waals surface area contributed by atoms with Gasteiger partial charge in [0.1, 0.15) is 17.5 Å². The fraction of sp³-hybridized carbons (Fsp3) is 0.250. The molecule has 0 spiro atoms. The maximum atomic E-state index is 15.2. The normalized spacial score (nSPS) is 11.0. The summed E-state index contributed by atoms with van der Waals surface area (Å²) >= 11 is 0. The number of hydrogen-bond acceptors (Lipinski definition) is 0. The highest BCUT2D eigenvalue weighted by atomic mass is 19.1. The predicted molar refractivity (Wildman–Crippen MR) is 112 cm³/mol. The molecule has 0 atom stereocenters. The molecule has 0 nitrogen and oxygen atoms in total. The predicted octanol–water partition coefficient (Wildman–Crippen LogP) is 4.47. The number of aryl methyl sites for hydroxylation is 6. The van der Waals surface area contributed by atoms with Gasteiger partial charge in [-0.15, -0.1) is 0 Å². The quantitative estimate of drug-likeness (QED) is 0.589. The fourth-order valence-electron chi connectivity index (χ4n) is 4.08. The molecule has 0 heterocycles. The average Bonchev–Trinajstić information content (AvgIpc) is 2.60. The highest BCUT2D eigenvalue weighted by molar-refractivity contribution is 6.95. The van der Waals surface area contributed by atoms with Crippen molar-refractivity contribution in [1.29, 1.82) is 0 Å². The lowest BCUT2D eigenvalue weighted by Crippen LogP contribution is -2.56. The van der Waals surface area contributed by atoms with Crippen LogP contribution in [-0.2, 0) is 0 Å². The fourth-order valence-corrected chi connectivity index (χ4v) is 4.08. The van der Waals surface area contributed by atoms with Crippen LogP contribution in [0.5, 0.6) is 0 Å². The largest absolute Gasteiger partial charge is 0.252 e. The van der Waals surface area contributed by atoms with Crippen LogP contribution in [0.25, 0.3) is 0 Å². The molecule has 0 bridgehead atoms. The average molecular weight is 380 g/mol. The van der Waals surface area contributed by atoms with Crippen molar-refractivity contribution < 1.29 is 13.2 Å². The van der Waals surface area contributed by atoms with Gasteiger partial charge in [0, 0.05) is 0 Å². The molecule has 0 saturated heterocycles. The van der Waals surface area contributed by atoms with Crippen LogP contribution in [-0.4, -0.2) is 6.71 Å². The molecule has 0 fully saturated rings. The molecular weight excluding hydrogens is 356 g/mol. The zero-order chi connectivity index (χ0) is 20.7. The minimum atomic E-state index is -0.865. The second kappa shape index (κ2) is 7.50. The van der Waals surface area contributed by atoms with Crippen LogP contribution < -0.4 is 16.4 Å². The van der Waals surface area contributed by atoms with Gasteiger partial charge in [-0.05, 0) is 74.6 Å². The first kappa shape index (κ1) is 20.3. The van der Waals surface area contributed by atoms with Gasteiger partial charge in [-0.3, -0.25) is 0 Å². The van der Waals surface area contributed by atoms with E-state index in [1.54, 1.807) is 57.2 Å². The van der Waals surface area contributed by atoms with E-state index in [0.29, 0.717) is 33.1 Å². The summed E-state index contributed by atoms with van der Waals surface area (Å²) in [6.07, 6.45) is 0. The van der Waals surface area contributed by atoms with Crippen molar-refractivity contribution in [3.05, 3.63) is 87.2 Å². The summed E-state index contributed by atoms with van der Waals surface area (Å²) in [6, 6.07) is 10.3. The Morgan fingerprint density at radius 1 is 0.464 bits per heavy atom. The summed E-state index contributed by atoms with van der Waals surface area (Å²) in [5.74, 6) is -1.27. The van der Waals surface area contributed by atoms with Gasteiger partial charge in [0.25, 0.3) is 6.71 Å². The summed E-state index contributed by atoms with van der Waals surface area (Å²) in [6.45, 7) is 9.76. The third-order valence-electron chi connectivity index (χ3n) is 5.21. The van der Waals surface area contributed by atoms with Crippen LogP contribution in [0.4, 0.5) is 13.2 Å². The summed E-state index contributed by atoms with van der Waals surface area (Å²) in [5.41, 5.74) is 4.86. The molecule has 28 heavy (non-hydrogen) atoms. The van der Waals surface area contributed by atoms with Crippen LogP contribution in [0.2, 0.25) is 0 Å². The summed E-state index contributed by atoms with van der Waals surface area (Å²) in [5, 5.41) is 0. The van der Waals surface area contributed by atoms with Crippen LogP contribution >= 0.6 is 0 Å². The molecule has 0 N–H and O–H groups in total. The van der Waals surface area contributed by atoms with E-state index in [2.05, 4.69) is 0 Å². The number of benzene rings is 3. The summed E-state index contributed by atoms with van der Waals surface area (Å²) in [4.78, 5) is 0. The summed E-state index contributed by atoms with van der Waals surface area (Å²) in [7, 11) is 0. The van der Waals surface area contributed by atoms with E-state index in [1.165, 1.54) is 0 Å². The van der Waals surface area contributed by atoms with Crippen LogP contribution in [0.3, 0.4) is 0 Å². The maximum Gasteiger partial charge on any atom is 0.252 e. The molecule has 0 saturated carbocycles. The molecule has 3 aromatic rings. The molecule has 3 aromatic carbocycles. The Morgan fingerprint density at radius 2 is 0.714 bits per heavy atom. The van der Waals surface area contributed by atoms with E-state index < -0.39 is 24.2 Å². The van der Waals surface area contributed by atoms with Crippen molar-refractivity contribution in [2.24, 2.45) is 0 Å². The minimum Gasteiger partial charge on any atom is -0.207 e. The van der Waals surface area contributed by atoms with Crippen LogP contribution in [0.1, 0.15) is 33.4 Å². The Morgan fingerprint density at radius 3 is 0.964 bits per heavy atom. The van der Waals surface area contributed by atoms with E-state index in [9.17, 15) is 0 Å². The molecule has 144 valence electrons. The van der Waals surface area contributed by atoms with Gasteiger partial charge in [-0.1, -0.05) is 53.1 Å². The Balaban J connectivity index is 2.44. The second-order valence-corrected chi connectivity index (χ2v) is 7.89. The molecule has 0 amide bonds. The van der Waals surface area contributed by atoms with Gasteiger partial charge in [0.15, 0.2) is 0 Å². The minimum absolute atomic E-state index is 0.297. The molecule has 0 aliphatic carbocycles. The van der Waals surface area contributed by atoms with E-state index in [1.807, 2.05) is 20.8 Å².